The summed E-state index contributed by atoms with van der Waals surface area (Å²) in [6.45, 7) is 0. The van der Waals surface area contributed by atoms with Crippen LogP contribution in [-0.2, 0) is 5.54 Å². The molecule has 0 atom stereocenters. The summed E-state index contributed by atoms with van der Waals surface area (Å²) in [7, 11) is 1.65. The maximum absolute atomic E-state index is 6.45. The Bertz CT molecular complexity index is 906. The Labute approximate surface area is 164 Å². The first-order valence-electron chi connectivity index (χ1n) is 8.81. The van der Waals surface area contributed by atoms with Crippen LogP contribution in [0.25, 0.3) is 11.5 Å². The number of nitrogens with zero attached hydrogens (tertiary/aromatic N) is 2. The first-order valence-corrected chi connectivity index (χ1v) is 8.81. The Hall–Kier alpha value is -2.57. The smallest absolute Gasteiger partial charge is 0.260 e. The van der Waals surface area contributed by atoms with Crippen molar-refractivity contribution in [3.63, 3.8) is 0 Å². The third-order valence-corrected chi connectivity index (χ3v) is 4.87. The molecule has 0 bridgehead atoms. The van der Waals surface area contributed by atoms with Gasteiger partial charge in [0.2, 0.25) is 0 Å². The third-order valence-electron chi connectivity index (χ3n) is 4.87. The minimum Gasteiger partial charge on any atom is -0.497 e. The molecule has 4 rings (SSSR count). The molecule has 1 heterocycles. The van der Waals surface area contributed by atoms with E-state index in [0.717, 1.165) is 48.4 Å². The number of rotatable bonds is 5. The van der Waals surface area contributed by atoms with E-state index in [9.17, 15) is 0 Å². The highest BCUT2D eigenvalue weighted by atomic mass is 35.5. The maximum atomic E-state index is 6.45. The Kier molecular flexibility index (Phi) is 5.68. The van der Waals surface area contributed by atoms with Gasteiger partial charge in [-0.3, -0.25) is 0 Å². The molecule has 6 nitrogen and oxygen atoms in total. The molecule has 0 radical (unpaired) electrons. The lowest BCUT2D eigenvalue weighted by Crippen LogP contribution is -2.34. The summed E-state index contributed by atoms with van der Waals surface area (Å²) in [6, 6.07) is 15.6. The fraction of sp³-hybridized carbons (Fsp3) is 0.300. The minimum absolute atomic E-state index is 0. The lowest BCUT2D eigenvalue weighted by atomic mass is 9.98. The van der Waals surface area contributed by atoms with Crippen molar-refractivity contribution in [1.29, 1.82) is 0 Å². The van der Waals surface area contributed by atoms with E-state index in [-0.39, 0.29) is 12.4 Å². The summed E-state index contributed by atoms with van der Waals surface area (Å²) in [5.74, 6) is 1.86. The van der Waals surface area contributed by atoms with Gasteiger partial charge in [-0.25, -0.2) is 0 Å². The lowest BCUT2D eigenvalue weighted by molar-refractivity contribution is 0.372. The predicted octanol–water partition coefficient (Wildman–Crippen LogP) is 4.64. The molecule has 0 amide bonds. The number of benzene rings is 2. The standard InChI is InChI=1S/C20H22N4O2.ClH/c1-25-15-8-6-7-14(13-15)22-17-10-3-2-9-16(17)18-23-19(24-26-18)20(21)11-4-5-12-20;/h2-3,6-10,13,22H,4-5,11-12,21H2,1H3;1H. The number of hydrogen-bond acceptors (Lipinski definition) is 6. The molecular weight excluding hydrogens is 364 g/mol. The topological polar surface area (TPSA) is 86.2 Å². The van der Waals surface area contributed by atoms with Gasteiger partial charge in [0.25, 0.3) is 5.89 Å². The fourth-order valence-electron chi connectivity index (χ4n) is 3.40. The van der Waals surface area contributed by atoms with Crippen molar-refractivity contribution in [3.8, 4) is 17.2 Å². The minimum atomic E-state index is -0.461. The molecule has 1 aliphatic carbocycles. The molecule has 1 aliphatic rings. The Balaban J connectivity index is 0.00000210. The predicted molar refractivity (Wildman–Crippen MR) is 108 cm³/mol. The van der Waals surface area contributed by atoms with Crippen LogP contribution in [0.2, 0.25) is 0 Å². The van der Waals surface area contributed by atoms with E-state index in [1.165, 1.54) is 0 Å². The molecule has 3 N–H and O–H groups in total. The summed E-state index contributed by atoms with van der Waals surface area (Å²) in [6.07, 6.45) is 4.01. The average molecular weight is 387 g/mol. The van der Waals surface area contributed by atoms with Gasteiger partial charge >= 0.3 is 0 Å². The van der Waals surface area contributed by atoms with Gasteiger partial charge in [-0.05, 0) is 37.1 Å². The number of ether oxygens (including phenoxy) is 1. The van der Waals surface area contributed by atoms with Crippen LogP contribution in [0.1, 0.15) is 31.5 Å². The van der Waals surface area contributed by atoms with Crippen LogP contribution in [0.15, 0.2) is 53.1 Å². The van der Waals surface area contributed by atoms with Gasteiger partial charge in [-0.1, -0.05) is 36.2 Å². The molecule has 2 aromatic carbocycles. The molecule has 1 aromatic heterocycles. The van der Waals surface area contributed by atoms with Crippen molar-refractivity contribution in [2.24, 2.45) is 5.73 Å². The number of hydrogen-bond donors (Lipinski definition) is 2. The van der Waals surface area contributed by atoms with Crippen molar-refractivity contribution < 1.29 is 9.26 Å². The van der Waals surface area contributed by atoms with Crippen molar-refractivity contribution in [2.45, 2.75) is 31.2 Å². The normalized spacial score (nSPS) is 15.2. The number of anilines is 2. The van der Waals surface area contributed by atoms with E-state index in [0.29, 0.717) is 11.7 Å². The van der Waals surface area contributed by atoms with E-state index in [1.54, 1.807) is 7.11 Å². The highest BCUT2D eigenvalue weighted by molar-refractivity contribution is 5.85. The van der Waals surface area contributed by atoms with Gasteiger partial charge in [0.1, 0.15) is 5.75 Å². The molecule has 3 aromatic rings. The van der Waals surface area contributed by atoms with Crippen molar-refractivity contribution in [1.82, 2.24) is 10.1 Å². The maximum Gasteiger partial charge on any atom is 0.260 e. The summed E-state index contributed by atoms with van der Waals surface area (Å²) in [5.41, 5.74) is 8.63. The molecule has 0 spiro atoms. The van der Waals surface area contributed by atoms with E-state index in [2.05, 4.69) is 15.5 Å². The molecule has 7 heteroatoms. The number of nitrogens with one attached hydrogen (secondary N) is 1. The lowest BCUT2D eigenvalue weighted by Gasteiger charge is -2.17. The Morgan fingerprint density at radius 1 is 1.11 bits per heavy atom. The summed E-state index contributed by atoms with van der Waals surface area (Å²) < 4.78 is 10.8. The van der Waals surface area contributed by atoms with Gasteiger partial charge < -0.3 is 20.3 Å². The molecular formula is C20H23ClN4O2. The molecule has 142 valence electrons. The molecule has 27 heavy (non-hydrogen) atoms. The number of halogens is 1. The van der Waals surface area contributed by atoms with Crippen LogP contribution < -0.4 is 15.8 Å². The highest BCUT2D eigenvalue weighted by Gasteiger charge is 2.36. The quantitative estimate of drug-likeness (QED) is 0.664. The van der Waals surface area contributed by atoms with Crippen LogP contribution in [0.3, 0.4) is 0 Å². The van der Waals surface area contributed by atoms with Gasteiger partial charge in [0.05, 0.1) is 23.9 Å². The van der Waals surface area contributed by atoms with Crippen LogP contribution in [0.5, 0.6) is 5.75 Å². The van der Waals surface area contributed by atoms with Crippen molar-refractivity contribution in [2.75, 3.05) is 12.4 Å². The summed E-state index contributed by atoms with van der Waals surface area (Å²) in [4.78, 5) is 4.60. The second kappa shape index (κ2) is 7.98. The second-order valence-electron chi connectivity index (χ2n) is 6.69. The largest absolute Gasteiger partial charge is 0.497 e. The fourth-order valence-corrected chi connectivity index (χ4v) is 3.40. The zero-order chi connectivity index (χ0) is 18.0. The van der Waals surface area contributed by atoms with E-state index in [4.69, 9.17) is 15.0 Å². The van der Waals surface area contributed by atoms with Crippen molar-refractivity contribution >= 4 is 23.8 Å². The number of methoxy groups -OCH3 is 1. The molecule has 0 unspecified atom stereocenters. The van der Waals surface area contributed by atoms with E-state index in [1.807, 2.05) is 48.5 Å². The second-order valence-corrected chi connectivity index (χ2v) is 6.69. The average Bonchev–Trinajstić information content (AvgIpc) is 3.33. The summed E-state index contributed by atoms with van der Waals surface area (Å²) in [5, 5.41) is 7.56. The number of aromatic nitrogens is 2. The van der Waals surface area contributed by atoms with Crippen LogP contribution >= 0.6 is 12.4 Å². The van der Waals surface area contributed by atoms with Gasteiger partial charge in [0, 0.05) is 11.8 Å². The first kappa shape index (κ1) is 19.2. The molecule has 0 saturated heterocycles. The highest BCUT2D eigenvalue weighted by Crippen LogP contribution is 2.36. The molecule has 1 fully saturated rings. The first-order chi connectivity index (χ1) is 12.7. The van der Waals surface area contributed by atoms with Gasteiger partial charge in [-0.15, -0.1) is 12.4 Å². The zero-order valence-corrected chi connectivity index (χ0v) is 16.0. The zero-order valence-electron chi connectivity index (χ0n) is 15.1. The Morgan fingerprint density at radius 3 is 2.67 bits per heavy atom. The number of para-hydroxylation sites is 1. The SMILES string of the molecule is COc1cccc(Nc2ccccc2-c2nc(C3(N)CCCC3)no2)c1.Cl. The third kappa shape index (κ3) is 3.91. The Morgan fingerprint density at radius 2 is 1.89 bits per heavy atom. The van der Waals surface area contributed by atoms with Gasteiger partial charge in [-0.2, -0.15) is 4.98 Å². The van der Waals surface area contributed by atoms with E-state index < -0.39 is 5.54 Å². The monoisotopic (exact) mass is 386 g/mol. The van der Waals surface area contributed by atoms with Crippen molar-refractivity contribution in [3.05, 3.63) is 54.4 Å². The summed E-state index contributed by atoms with van der Waals surface area (Å²) >= 11 is 0. The van der Waals surface area contributed by atoms with Crippen LogP contribution in [-0.4, -0.2) is 17.3 Å². The molecule has 1 saturated carbocycles. The van der Waals surface area contributed by atoms with E-state index >= 15 is 0 Å². The number of nitrogens with two attached hydrogens (primary N) is 1. The molecule has 0 aliphatic heterocycles. The van der Waals surface area contributed by atoms with Crippen LogP contribution in [0, 0.1) is 0 Å². The van der Waals surface area contributed by atoms with Gasteiger partial charge in [0.15, 0.2) is 5.82 Å². The van der Waals surface area contributed by atoms with Crippen LogP contribution in [0.4, 0.5) is 11.4 Å².